The molecule has 6 rings (SSSR count). The smallest absolute Gasteiger partial charge is 0.299 e. The van der Waals surface area contributed by atoms with Gasteiger partial charge in [0.1, 0.15) is 5.82 Å². The van der Waals surface area contributed by atoms with Gasteiger partial charge in [-0.2, -0.15) is 8.78 Å². The molecule has 2 heterocycles. The van der Waals surface area contributed by atoms with Crippen LogP contribution in [-0.2, 0) is 5.92 Å². The Morgan fingerprint density at radius 3 is 2.31 bits per heavy atom. The van der Waals surface area contributed by atoms with Crippen molar-refractivity contribution in [1.82, 2.24) is 15.3 Å². The Morgan fingerprint density at radius 1 is 0.875 bits per heavy atom. The Morgan fingerprint density at radius 2 is 1.56 bits per heavy atom. The fraction of sp³-hybridized carbons (Fsp3) is 0.192. The Kier molecular flexibility index (Phi) is 4.20. The first kappa shape index (κ1) is 19.2. The van der Waals surface area contributed by atoms with E-state index in [0.29, 0.717) is 16.8 Å². The molecule has 32 heavy (non-hydrogen) atoms. The predicted molar refractivity (Wildman–Crippen MR) is 122 cm³/mol. The highest BCUT2D eigenvalue weighted by molar-refractivity contribution is 5.83. The van der Waals surface area contributed by atoms with Gasteiger partial charge in [-0.25, -0.2) is 4.98 Å². The van der Waals surface area contributed by atoms with E-state index in [1.165, 1.54) is 6.07 Å². The lowest BCUT2D eigenvalue weighted by atomic mass is 9.97. The van der Waals surface area contributed by atoms with Crippen LogP contribution in [0.4, 0.5) is 14.5 Å². The number of nitrogens with one attached hydrogen (secondary N) is 2. The Hall–Kier alpha value is -3.51. The lowest BCUT2D eigenvalue weighted by Crippen LogP contribution is -2.14. The summed E-state index contributed by atoms with van der Waals surface area (Å²) in [5, 5.41) is 3.44. The molecule has 1 aliphatic heterocycles. The molecule has 4 nitrogen and oxygen atoms in total. The van der Waals surface area contributed by atoms with Gasteiger partial charge in [-0.15, -0.1) is 0 Å². The third-order valence-corrected chi connectivity index (χ3v) is 6.54. The average Bonchev–Trinajstić information content (AvgIpc) is 3.54. The van der Waals surface area contributed by atoms with Gasteiger partial charge in [0.25, 0.3) is 5.92 Å². The van der Waals surface area contributed by atoms with E-state index in [9.17, 15) is 0 Å². The highest BCUT2D eigenvalue weighted by Gasteiger charge is 2.44. The first-order valence-electron chi connectivity index (χ1n) is 10.8. The molecule has 1 atom stereocenters. The predicted octanol–water partition coefficient (Wildman–Crippen LogP) is 5.87. The molecule has 6 heteroatoms. The number of hydrogen-bond donors (Lipinski definition) is 3. The van der Waals surface area contributed by atoms with E-state index in [0.717, 1.165) is 47.6 Å². The van der Waals surface area contributed by atoms with Crippen molar-refractivity contribution in [2.75, 3.05) is 12.3 Å². The largest absolute Gasteiger partial charge is 0.399 e. The quantitative estimate of drug-likeness (QED) is 0.358. The zero-order valence-electron chi connectivity index (χ0n) is 17.3. The van der Waals surface area contributed by atoms with Gasteiger partial charge in [0.2, 0.25) is 0 Å². The highest BCUT2D eigenvalue weighted by atomic mass is 19.3. The molecule has 1 aliphatic carbocycles. The molecule has 0 spiro atoms. The van der Waals surface area contributed by atoms with Crippen LogP contribution in [0.25, 0.3) is 33.5 Å². The minimum absolute atomic E-state index is 0.0215. The molecule has 1 fully saturated rings. The second-order valence-corrected chi connectivity index (χ2v) is 8.55. The van der Waals surface area contributed by atoms with Crippen molar-refractivity contribution in [3.63, 3.8) is 0 Å². The summed E-state index contributed by atoms with van der Waals surface area (Å²) >= 11 is 0. The lowest BCUT2D eigenvalue weighted by molar-refractivity contribution is 0.0481. The average molecular weight is 428 g/mol. The molecule has 160 valence electrons. The number of halogens is 2. The van der Waals surface area contributed by atoms with Crippen molar-refractivity contribution < 1.29 is 8.78 Å². The van der Waals surface area contributed by atoms with Gasteiger partial charge >= 0.3 is 0 Å². The Bertz CT molecular complexity index is 1320. The van der Waals surface area contributed by atoms with Gasteiger partial charge in [-0.05, 0) is 65.4 Å². The molecular formula is C26H22F2N4. The molecular weight excluding hydrogens is 406 g/mol. The van der Waals surface area contributed by atoms with Gasteiger partial charge in [0.15, 0.2) is 0 Å². The summed E-state index contributed by atoms with van der Waals surface area (Å²) in [5.74, 6) is -2.10. The number of anilines is 1. The van der Waals surface area contributed by atoms with Crippen LogP contribution >= 0.6 is 0 Å². The Balaban J connectivity index is 1.31. The number of nitrogen functional groups attached to an aromatic ring is 1. The van der Waals surface area contributed by atoms with E-state index in [1.807, 2.05) is 36.5 Å². The summed E-state index contributed by atoms with van der Waals surface area (Å²) < 4.78 is 30.3. The van der Waals surface area contributed by atoms with Crippen molar-refractivity contribution in [2.24, 2.45) is 0 Å². The van der Waals surface area contributed by atoms with Crippen molar-refractivity contribution in [3.05, 3.63) is 83.8 Å². The number of alkyl halides is 2. The maximum atomic E-state index is 15.1. The van der Waals surface area contributed by atoms with E-state index < -0.39 is 5.92 Å². The van der Waals surface area contributed by atoms with E-state index in [4.69, 9.17) is 5.73 Å². The normalized spacial score (nSPS) is 18.5. The van der Waals surface area contributed by atoms with Gasteiger partial charge in [0, 0.05) is 16.8 Å². The number of nitrogens with zero attached hydrogens (tertiary/aromatic N) is 1. The van der Waals surface area contributed by atoms with Gasteiger partial charge < -0.3 is 16.0 Å². The number of hydrogen-bond acceptors (Lipinski definition) is 3. The maximum Gasteiger partial charge on any atom is 0.299 e. The topological polar surface area (TPSA) is 66.7 Å². The minimum Gasteiger partial charge on any atom is -0.399 e. The number of H-pyrrole nitrogens is 1. The number of benzene rings is 3. The summed E-state index contributed by atoms with van der Waals surface area (Å²) in [5.41, 5.74) is 10.8. The van der Waals surface area contributed by atoms with E-state index in [1.54, 1.807) is 24.3 Å². The zero-order valence-corrected chi connectivity index (χ0v) is 17.3. The summed E-state index contributed by atoms with van der Waals surface area (Å²) in [6.07, 6.45) is 4.10. The molecule has 4 N–H and O–H groups in total. The first-order valence-corrected chi connectivity index (χ1v) is 10.8. The van der Waals surface area contributed by atoms with Crippen LogP contribution < -0.4 is 11.1 Å². The summed E-state index contributed by atoms with van der Waals surface area (Å²) in [6, 6.07) is 18.2. The first-order chi connectivity index (χ1) is 15.5. The number of aromatic nitrogens is 2. The molecule has 3 aromatic carbocycles. The molecule has 1 saturated heterocycles. The van der Waals surface area contributed by atoms with Crippen LogP contribution in [0.1, 0.15) is 35.8 Å². The van der Waals surface area contributed by atoms with Crippen LogP contribution in [0, 0.1) is 0 Å². The van der Waals surface area contributed by atoms with Crippen molar-refractivity contribution in [1.29, 1.82) is 0 Å². The third kappa shape index (κ3) is 2.94. The zero-order chi connectivity index (χ0) is 21.9. The molecule has 1 aromatic heterocycles. The van der Waals surface area contributed by atoms with Gasteiger partial charge in [0.05, 0.1) is 17.9 Å². The van der Waals surface area contributed by atoms with E-state index >= 15 is 8.78 Å². The summed E-state index contributed by atoms with van der Waals surface area (Å²) in [4.78, 5) is 7.93. The number of aromatic amines is 1. The van der Waals surface area contributed by atoms with Crippen LogP contribution in [0.5, 0.6) is 0 Å². The van der Waals surface area contributed by atoms with Crippen molar-refractivity contribution >= 4 is 5.69 Å². The fourth-order valence-corrected chi connectivity index (χ4v) is 4.84. The molecule has 0 bridgehead atoms. The van der Waals surface area contributed by atoms with Crippen molar-refractivity contribution in [3.8, 4) is 33.5 Å². The van der Waals surface area contributed by atoms with Crippen molar-refractivity contribution in [2.45, 2.75) is 24.8 Å². The van der Waals surface area contributed by atoms with Crippen LogP contribution in [0.15, 0.2) is 66.9 Å². The fourth-order valence-electron chi connectivity index (χ4n) is 4.84. The second-order valence-electron chi connectivity index (χ2n) is 8.55. The van der Waals surface area contributed by atoms with Crippen LogP contribution in [0.3, 0.4) is 0 Å². The summed E-state index contributed by atoms with van der Waals surface area (Å²) in [7, 11) is 0. The molecule has 0 amide bonds. The Labute approximate surface area is 184 Å². The minimum atomic E-state index is -3.06. The molecule has 2 aliphatic rings. The van der Waals surface area contributed by atoms with E-state index in [2.05, 4.69) is 15.3 Å². The highest BCUT2D eigenvalue weighted by Crippen LogP contribution is 2.52. The summed E-state index contributed by atoms with van der Waals surface area (Å²) in [6.45, 7) is 1.02. The number of imidazole rings is 1. The molecule has 0 radical (unpaired) electrons. The number of nitrogens with two attached hydrogens (primary N) is 1. The van der Waals surface area contributed by atoms with Crippen LogP contribution in [-0.4, -0.2) is 16.5 Å². The SMILES string of the molecule is Nc1ccc2c(c1)C(F)(F)c1cc(-c3ccc(-c4cnc([C@@H]5CCCN5)[nH]4)cc3)ccc1-2. The van der Waals surface area contributed by atoms with Gasteiger partial charge in [-0.1, -0.05) is 42.5 Å². The van der Waals surface area contributed by atoms with E-state index in [-0.39, 0.29) is 17.2 Å². The van der Waals surface area contributed by atoms with Gasteiger partial charge in [-0.3, -0.25) is 0 Å². The molecule has 0 saturated carbocycles. The lowest BCUT2D eigenvalue weighted by Gasteiger charge is -2.13. The second kappa shape index (κ2) is 7.00. The standard InChI is InChI=1S/C26H22F2N4/c27-26(28)21-12-17(7-9-19(21)20-10-8-18(29)13-22(20)26)15-3-5-16(6-4-15)24-14-31-25(32-24)23-2-1-11-30-23/h3-10,12-14,23,30H,1-2,11,29H2,(H,31,32)/t23-/m0/s1. The maximum absolute atomic E-state index is 15.1. The van der Waals surface area contributed by atoms with Crippen LogP contribution in [0.2, 0.25) is 0 Å². The number of fused-ring (bicyclic) bond motifs is 3. The third-order valence-electron chi connectivity index (χ3n) is 6.54. The molecule has 0 unspecified atom stereocenters. The molecule has 4 aromatic rings. The monoisotopic (exact) mass is 428 g/mol. The number of rotatable bonds is 3.